The molecule has 2 nitrogen and oxygen atoms in total. The molecule has 1 aromatic carbocycles. The van der Waals surface area contributed by atoms with Gasteiger partial charge in [0.15, 0.2) is 0 Å². The quantitative estimate of drug-likeness (QED) is 0.827. The van der Waals surface area contributed by atoms with Gasteiger partial charge in [0, 0.05) is 0 Å². The van der Waals surface area contributed by atoms with Gasteiger partial charge < -0.3 is 9.84 Å². The lowest BCUT2D eigenvalue weighted by atomic mass is 9.91. The molecule has 16 heavy (non-hydrogen) atoms. The summed E-state index contributed by atoms with van der Waals surface area (Å²) < 4.78 is 5.35. The van der Waals surface area contributed by atoms with Crippen LogP contribution in [-0.2, 0) is 10.3 Å². The van der Waals surface area contributed by atoms with Crippen LogP contribution in [0.2, 0.25) is 0 Å². The Kier molecular flexibility index (Phi) is 2.76. The number of methoxy groups -OCH3 is 1. The van der Waals surface area contributed by atoms with Gasteiger partial charge in [0.25, 0.3) is 0 Å². The lowest BCUT2D eigenvalue weighted by molar-refractivity contribution is 0.0235. The highest BCUT2D eigenvalue weighted by Gasteiger charge is 2.40. The monoisotopic (exact) mass is 218 g/mol. The molecule has 2 heteroatoms. The van der Waals surface area contributed by atoms with Crippen molar-refractivity contribution in [1.82, 2.24) is 0 Å². The molecule has 0 fully saturated rings. The molecule has 0 aromatic heterocycles. The molecule has 1 aliphatic rings. The summed E-state index contributed by atoms with van der Waals surface area (Å²) in [6.07, 6.45) is 1.61. The molecule has 1 aliphatic carbocycles. The van der Waals surface area contributed by atoms with E-state index in [-0.39, 0.29) is 0 Å². The molecular weight excluding hydrogens is 200 g/mol. The Labute approximate surface area is 96.6 Å². The highest BCUT2D eigenvalue weighted by Crippen LogP contribution is 2.43. The third-order valence-corrected chi connectivity index (χ3v) is 3.36. The predicted molar refractivity (Wildman–Crippen MR) is 64.0 cm³/mol. The lowest BCUT2D eigenvalue weighted by Crippen LogP contribution is -2.26. The van der Waals surface area contributed by atoms with E-state index in [1.54, 1.807) is 7.11 Å². The Morgan fingerprint density at radius 1 is 1.19 bits per heavy atom. The molecule has 0 amide bonds. The highest BCUT2D eigenvalue weighted by molar-refractivity contribution is 5.37. The van der Waals surface area contributed by atoms with E-state index in [2.05, 4.69) is 0 Å². The predicted octanol–water partition coefficient (Wildman–Crippen LogP) is 2.90. The van der Waals surface area contributed by atoms with Crippen LogP contribution < -0.4 is 0 Å². The van der Waals surface area contributed by atoms with Crippen LogP contribution >= 0.6 is 0 Å². The minimum atomic E-state index is -0.924. The van der Waals surface area contributed by atoms with Gasteiger partial charge in [-0.3, -0.25) is 0 Å². The number of hydrogen-bond donors (Lipinski definition) is 1. The average Bonchev–Trinajstić information content (AvgIpc) is 2.56. The van der Waals surface area contributed by atoms with Crippen molar-refractivity contribution >= 4 is 0 Å². The first-order valence-corrected chi connectivity index (χ1v) is 5.61. The maximum Gasteiger partial charge on any atom is 0.147 e. The Morgan fingerprint density at radius 3 is 2.38 bits per heavy atom. The summed E-state index contributed by atoms with van der Waals surface area (Å²) in [5, 5.41) is 10.7. The molecule has 0 saturated carbocycles. The van der Waals surface area contributed by atoms with Crippen LogP contribution in [0.5, 0.6) is 0 Å². The van der Waals surface area contributed by atoms with Gasteiger partial charge in [-0.25, -0.2) is 0 Å². The summed E-state index contributed by atoms with van der Waals surface area (Å²) in [6, 6.07) is 8.00. The summed E-state index contributed by atoms with van der Waals surface area (Å²) in [4.78, 5) is 0. The molecular formula is C14H18O2. The fourth-order valence-electron chi connectivity index (χ4n) is 2.40. The molecule has 0 aliphatic heterocycles. The summed E-state index contributed by atoms with van der Waals surface area (Å²) in [7, 11) is 1.63. The van der Waals surface area contributed by atoms with Crippen molar-refractivity contribution < 1.29 is 9.84 Å². The Bertz CT molecular complexity index is 417. The summed E-state index contributed by atoms with van der Waals surface area (Å²) >= 11 is 0. The second kappa shape index (κ2) is 3.95. The number of aliphatic hydroxyl groups is 1. The van der Waals surface area contributed by atoms with Crippen molar-refractivity contribution in [3.8, 4) is 0 Å². The molecule has 0 radical (unpaired) electrons. The summed E-state index contributed by atoms with van der Waals surface area (Å²) in [5.74, 6) is 0.719. The van der Waals surface area contributed by atoms with E-state index in [1.807, 2.05) is 38.1 Å². The van der Waals surface area contributed by atoms with Crippen LogP contribution in [0.1, 0.15) is 30.9 Å². The fourth-order valence-corrected chi connectivity index (χ4v) is 2.40. The van der Waals surface area contributed by atoms with Crippen molar-refractivity contribution in [2.75, 3.05) is 7.11 Å². The number of ether oxygens (including phenoxy) is 1. The summed E-state index contributed by atoms with van der Waals surface area (Å²) in [6.45, 7) is 4.06. The van der Waals surface area contributed by atoms with Crippen molar-refractivity contribution in [3.05, 3.63) is 46.7 Å². The van der Waals surface area contributed by atoms with Crippen molar-refractivity contribution in [1.29, 1.82) is 0 Å². The van der Waals surface area contributed by atoms with Gasteiger partial charge in [0.1, 0.15) is 11.4 Å². The molecule has 0 bridgehead atoms. The zero-order valence-electron chi connectivity index (χ0n) is 10.1. The van der Waals surface area contributed by atoms with Gasteiger partial charge in [0.05, 0.1) is 7.11 Å². The molecule has 0 saturated heterocycles. The number of rotatable bonds is 2. The van der Waals surface area contributed by atoms with Crippen LogP contribution in [-0.4, -0.2) is 12.2 Å². The van der Waals surface area contributed by atoms with Gasteiger partial charge in [-0.1, -0.05) is 29.8 Å². The van der Waals surface area contributed by atoms with E-state index in [9.17, 15) is 5.11 Å². The van der Waals surface area contributed by atoms with E-state index in [4.69, 9.17) is 4.74 Å². The van der Waals surface area contributed by atoms with Crippen LogP contribution in [0.4, 0.5) is 0 Å². The van der Waals surface area contributed by atoms with Gasteiger partial charge in [-0.2, -0.15) is 0 Å². The largest absolute Gasteiger partial charge is 0.498 e. The maximum atomic E-state index is 10.7. The fraction of sp³-hybridized carbons (Fsp3) is 0.429. The highest BCUT2D eigenvalue weighted by atomic mass is 16.5. The molecule has 1 unspecified atom stereocenters. The van der Waals surface area contributed by atoms with E-state index in [0.717, 1.165) is 23.3 Å². The van der Waals surface area contributed by atoms with Crippen molar-refractivity contribution in [3.63, 3.8) is 0 Å². The first-order valence-electron chi connectivity index (χ1n) is 5.61. The van der Waals surface area contributed by atoms with E-state index in [0.29, 0.717) is 6.42 Å². The van der Waals surface area contributed by atoms with Gasteiger partial charge >= 0.3 is 0 Å². The molecule has 86 valence electrons. The van der Waals surface area contributed by atoms with Crippen molar-refractivity contribution in [2.45, 2.75) is 32.3 Å². The second-order valence-corrected chi connectivity index (χ2v) is 4.54. The SMILES string of the molecule is COC1=C(C)CCC1(O)c1ccc(C)cc1. The van der Waals surface area contributed by atoms with E-state index >= 15 is 0 Å². The molecule has 2 rings (SSSR count). The molecule has 0 heterocycles. The minimum Gasteiger partial charge on any atom is -0.498 e. The number of aryl methyl sites for hydroxylation is 1. The van der Waals surface area contributed by atoms with E-state index < -0.39 is 5.60 Å². The smallest absolute Gasteiger partial charge is 0.147 e. The van der Waals surface area contributed by atoms with Crippen LogP contribution in [0.25, 0.3) is 0 Å². The van der Waals surface area contributed by atoms with Crippen molar-refractivity contribution in [2.24, 2.45) is 0 Å². The first-order chi connectivity index (χ1) is 7.58. The zero-order valence-corrected chi connectivity index (χ0v) is 10.1. The molecule has 1 atom stereocenters. The number of hydrogen-bond acceptors (Lipinski definition) is 2. The maximum absolute atomic E-state index is 10.7. The zero-order chi connectivity index (χ0) is 11.8. The Balaban J connectivity index is 2.43. The van der Waals surface area contributed by atoms with Crippen LogP contribution in [0, 0.1) is 6.92 Å². The molecule has 0 spiro atoms. The van der Waals surface area contributed by atoms with Gasteiger partial charge in [0.2, 0.25) is 0 Å². The molecule has 1 aromatic rings. The van der Waals surface area contributed by atoms with Crippen LogP contribution in [0.15, 0.2) is 35.6 Å². The van der Waals surface area contributed by atoms with E-state index in [1.165, 1.54) is 5.56 Å². The first kappa shape index (κ1) is 11.2. The van der Waals surface area contributed by atoms with Crippen LogP contribution in [0.3, 0.4) is 0 Å². The topological polar surface area (TPSA) is 29.5 Å². The van der Waals surface area contributed by atoms with Gasteiger partial charge in [-0.05, 0) is 37.8 Å². The average molecular weight is 218 g/mol. The minimum absolute atomic E-state index is 0.713. The van der Waals surface area contributed by atoms with Gasteiger partial charge in [-0.15, -0.1) is 0 Å². The molecule has 1 N–H and O–H groups in total. The second-order valence-electron chi connectivity index (χ2n) is 4.54. The summed E-state index contributed by atoms with van der Waals surface area (Å²) in [5.41, 5.74) is 2.34. The third kappa shape index (κ3) is 1.63. The Hall–Kier alpha value is -1.28. The normalized spacial score (nSPS) is 25.0. The third-order valence-electron chi connectivity index (χ3n) is 3.36. The number of benzene rings is 1. The number of allylic oxidation sites excluding steroid dienone is 1. The lowest BCUT2D eigenvalue weighted by Gasteiger charge is -2.26. The standard InChI is InChI=1S/C14H18O2/c1-10-4-6-12(7-5-10)14(15)9-8-11(2)13(14)16-3/h4-7,15H,8-9H2,1-3H3. The Morgan fingerprint density at radius 2 is 1.81 bits per heavy atom.